The van der Waals surface area contributed by atoms with Gasteiger partial charge in [-0.15, -0.1) is 0 Å². The van der Waals surface area contributed by atoms with Crippen LogP contribution in [0.3, 0.4) is 0 Å². The number of nitrogens with one attached hydrogen (secondary N) is 1. The van der Waals surface area contributed by atoms with Crippen molar-refractivity contribution in [3.63, 3.8) is 0 Å². The summed E-state index contributed by atoms with van der Waals surface area (Å²) in [5.74, 6) is 0.231. The zero-order valence-corrected chi connectivity index (χ0v) is 11.6. The van der Waals surface area contributed by atoms with E-state index in [1.54, 1.807) is 24.3 Å². The zero-order chi connectivity index (χ0) is 15.1. The highest BCUT2D eigenvalue weighted by atomic mass is 16.3. The highest BCUT2D eigenvalue weighted by Crippen LogP contribution is 2.20. The van der Waals surface area contributed by atoms with E-state index in [4.69, 9.17) is 0 Å². The van der Waals surface area contributed by atoms with Crippen molar-refractivity contribution in [3.8, 4) is 0 Å². The second-order valence-electron chi connectivity index (χ2n) is 4.84. The van der Waals surface area contributed by atoms with Crippen molar-refractivity contribution < 1.29 is 5.11 Å². The molecule has 21 heavy (non-hydrogen) atoms. The van der Waals surface area contributed by atoms with Gasteiger partial charge in [-0.1, -0.05) is 30.3 Å². The smallest absolute Gasteiger partial charge is 0.332 e. The first-order valence-electron chi connectivity index (χ1n) is 6.39. The van der Waals surface area contributed by atoms with Crippen molar-refractivity contribution in [1.29, 1.82) is 0 Å². The highest BCUT2D eigenvalue weighted by molar-refractivity contribution is 5.69. The van der Waals surface area contributed by atoms with Crippen LogP contribution in [-0.4, -0.2) is 24.2 Å². The van der Waals surface area contributed by atoms with E-state index in [0.29, 0.717) is 5.56 Å². The average molecular weight is 286 g/mol. The molecule has 7 nitrogen and oxygen atoms in total. The molecule has 0 saturated heterocycles. The van der Waals surface area contributed by atoms with Gasteiger partial charge in [0.25, 0.3) is 5.56 Å². The van der Waals surface area contributed by atoms with Gasteiger partial charge in [-0.2, -0.15) is 0 Å². The van der Waals surface area contributed by atoms with Crippen molar-refractivity contribution in [2.24, 2.45) is 14.1 Å². The Hall–Kier alpha value is -2.67. The van der Waals surface area contributed by atoms with Crippen LogP contribution in [0, 0.1) is 0 Å². The minimum Gasteiger partial charge on any atom is -0.380 e. The molecule has 0 radical (unpaired) electrons. The number of aliphatic hydroxyl groups is 1. The topological polar surface area (TPSA) is 92.9 Å². The van der Waals surface area contributed by atoms with Gasteiger partial charge in [-0.25, -0.2) is 9.78 Å². The lowest BCUT2D eigenvalue weighted by Gasteiger charge is -2.06. The Morgan fingerprint density at radius 2 is 1.81 bits per heavy atom. The van der Waals surface area contributed by atoms with Crippen LogP contribution in [0.5, 0.6) is 0 Å². The number of aliphatic hydroxyl groups excluding tert-OH is 1. The van der Waals surface area contributed by atoms with Gasteiger partial charge in [0.15, 0.2) is 5.65 Å². The van der Waals surface area contributed by atoms with E-state index >= 15 is 0 Å². The monoisotopic (exact) mass is 286 g/mol. The summed E-state index contributed by atoms with van der Waals surface area (Å²) in [6, 6.07) is 8.96. The van der Waals surface area contributed by atoms with Crippen LogP contribution in [0.4, 0.5) is 0 Å². The lowest BCUT2D eigenvalue weighted by molar-refractivity contribution is 0.211. The molecule has 0 aliphatic carbocycles. The molecule has 2 aromatic heterocycles. The summed E-state index contributed by atoms with van der Waals surface area (Å²) in [6.45, 7) is 0. The Morgan fingerprint density at radius 3 is 2.48 bits per heavy atom. The fourth-order valence-corrected chi connectivity index (χ4v) is 2.27. The molecule has 0 saturated carbocycles. The number of aromatic nitrogens is 4. The first-order valence-corrected chi connectivity index (χ1v) is 6.39. The first-order chi connectivity index (χ1) is 10.0. The van der Waals surface area contributed by atoms with Crippen molar-refractivity contribution in [2.45, 2.75) is 6.10 Å². The maximum Gasteiger partial charge on any atom is 0.332 e. The van der Waals surface area contributed by atoms with E-state index in [-0.39, 0.29) is 17.0 Å². The van der Waals surface area contributed by atoms with Crippen LogP contribution in [0.25, 0.3) is 11.2 Å². The van der Waals surface area contributed by atoms with Crippen molar-refractivity contribution >= 4 is 11.2 Å². The Morgan fingerprint density at radius 1 is 1.14 bits per heavy atom. The number of nitrogens with zero attached hydrogens (tertiary/aromatic N) is 3. The third-order valence-electron chi connectivity index (χ3n) is 3.49. The van der Waals surface area contributed by atoms with Crippen LogP contribution < -0.4 is 11.2 Å². The molecule has 0 unspecified atom stereocenters. The standard InChI is InChI=1S/C14H14N4O3/c1-17-12-9(13(20)18(2)14(17)21)15-11(16-12)10(19)8-6-4-3-5-7-8/h3-7,10,19H,1-2H3,(H,15,16)/t10-/m0/s1. The van der Waals surface area contributed by atoms with Crippen LogP contribution >= 0.6 is 0 Å². The molecule has 108 valence electrons. The highest BCUT2D eigenvalue weighted by Gasteiger charge is 2.18. The molecule has 0 amide bonds. The number of hydrogen-bond acceptors (Lipinski definition) is 4. The quantitative estimate of drug-likeness (QED) is 0.695. The maximum atomic E-state index is 12.1. The van der Waals surface area contributed by atoms with Gasteiger partial charge < -0.3 is 10.1 Å². The summed E-state index contributed by atoms with van der Waals surface area (Å²) in [5, 5.41) is 10.3. The van der Waals surface area contributed by atoms with Crippen molar-refractivity contribution in [2.75, 3.05) is 0 Å². The van der Waals surface area contributed by atoms with Crippen molar-refractivity contribution in [3.05, 3.63) is 62.6 Å². The lowest BCUT2D eigenvalue weighted by Crippen LogP contribution is -2.36. The van der Waals surface area contributed by atoms with Gasteiger partial charge in [0.2, 0.25) is 0 Å². The van der Waals surface area contributed by atoms with Gasteiger partial charge in [0.1, 0.15) is 17.4 Å². The minimum atomic E-state index is -0.988. The van der Waals surface area contributed by atoms with Gasteiger partial charge in [-0.05, 0) is 5.56 Å². The lowest BCUT2D eigenvalue weighted by atomic mass is 10.1. The van der Waals surface area contributed by atoms with Crippen LogP contribution in [-0.2, 0) is 14.1 Å². The molecule has 2 N–H and O–H groups in total. The minimum absolute atomic E-state index is 0.199. The third-order valence-corrected chi connectivity index (χ3v) is 3.49. The molecular weight excluding hydrogens is 272 g/mol. The molecule has 1 aromatic carbocycles. The Bertz CT molecular complexity index is 921. The van der Waals surface area contributed by atoms with Gasteiger partial charge in [0, 0.05) is 14.1 Å². The van der Waals surface area contributed by atoms with E-state index in [1.165, 1.54) is 18.7 Å². The molecule has 0 bridgehead atoms. The van der Waals surface area contributed by atoms with E-state index in [1.807, 2.05) is 6.07 Å². The molecule has 0 spiro atoms. The number of hydrogen-bond donors (Lipinski definition) is 2. The van der Waals surface area contributed by atoms with E-state index in [0.717, 1.165) is 4.57 Å². The molecule has 3 rings (SSSR count). The zero-order valence-electron chi connectivity index (χ0n) is 11.6. The van der Waals surface area contributed by atoms with Crippen LogP contribution in [0.2, 0.25) is 0 Å². The normalized spacial score (nSPS) is 12.7. The van der Waals surface area contributed by atoms with E-state index in [9.17, 15) is 14.7 Å². The predicted octanol–water partition coefficient (Wildman–Crippen LogP) is 0.0420. The SMILES string of the molecule is Cn1c(=O)c2[nH]c([C@@H](O)c3ccccc3)nc2n(C)c1=O. The van der Waals surface area contributed by atoms with Crippen LogP contribution in [0.1, 0.15) is 17.5 Å². The molecular formula is C14H14N4O3. The molecule has 0 fully saturated rings. The summed E-state index contributed by atoms with van der Waals surface area (Å²) >= 11 is 0. The van der Waals surface area contributed by atoms with Crippen molar-refractivity contribution in [1.82, 2.24) is 19.1 Å². The number of H-pyrrole nitrogens is 1. The average Bonchev–Trinajstić information content (AvgIpc) is 2.96. The number of imidazole rings is 1. The molecule has 2 heterocycles. The second-order valence-corrected chi connectivity index (χ2v) is 4.84. The summed E-state index contributed by atoms with van der Waals surface area (Å²) in [4.78, 5) is 30.9. The first kappa shape index (κ1) is 13.3. The maximum absolute atomic E-state index is 12.1. The Kier molecular flexibility index (Phi) is 2.99. The number of rotatable bonds is 2. The molecule has 1 atom stereocenters. The summed E-state index contributed by atoms with van der Waals surface area (Å²) in [6.07, 6.45) is -0.988. The Balaban J connectivity index is 2.23. The molecule has 3 aromatic rings. The van der Waals surface area contributed by atoms with Gasteiger partial charge >= 0.3 is 5.69 Å². The largest absolute Gasteiger partial charge is 0.380 e. The van der Waals surface area contributed by atoms with E-state index < -0.39 is 17.4 Å². The van der Waals surface area contributed by atoms with Gasteiger partial charge in [0.05, 0.1) is 0 Å². The molecule has 0 aliphatic heterocycles. The predicted molar refractivity (Wildman–Crippen MR) is 77.1 cm³/mol. The van der Waals surface area contributed by atoms with Crippen LogP contribution in [0.15, 0.2) is 39.9 Å². The fourth-order valence-electron chi connectivity index (χ4n) is 2.27. The van der Waals surface area contributed by atoms with E-state index in [2.05, 4.69) is 9.97 Å². The number of fused-ring (bicyclic) bond motifs is 1. The second kappa shape index (κ2) is 4.71. The molecule has 0 aliphatic rings. The summed E-state index contributed by atoms with van der Waals surface area (Å²) < 4.78 is 2.27. The number of benzene rings is 1. The third kappa shape index (κ3) is 1.98. The summed E-state index contributed by atoms with van der Waals surface area (Å²) in [7, 11) is 2.93. The molecule has 7 heteroatoms. The van der Waals surface area contributed by atoms with Gasteiger partial charge in [-0.3, -0.25) is 13.9 Å². The fraction of sp³-hybridized carbons (Fsp3) is 0.214. The number of aromatic amines is 1. The number of aryl methyl sites for hydroxylation is 1. The summed E-state index contributed by atoms with van der Waals surface area (Å²) in [5.41, 5.74) is 0.155. The Labute approximate surface area is 119 Å².